The molecule has 8 aliphatic rings. The lowest BCUT2D eigenvalue weighted by atomic mass is 9.73. The van der Waals surface area contributed by atoms with Crippen molar-refractivity contribution in [3.63, 3.8) is 0 Å². The van der Waals surface area contributed by atoms with Gasteiger partial charge in [-0.05, 0) is 241 Å². The molecule has 26 heteroatoms. The Hall–Kier alpha value is -8.97. The first-order valence-electron chi connectivity index (χ1n) is 48.6. The molecule has 20 nitrogen and oxygen atoms in total. The standard InChI is InChI=1S/C23H30ClFN2O2.C23H31ClN2O2.2C21H25ClN2O2.C20H23ClN2O2/c1-4-5-11-27-14-10-20(21(24)22(27)28)26-12-8-16(9-13-26)18-7-6-17(15-19(18)25)23(2,3)29;1-4-5-13-26-16-12-20(21(24)22(26)27)25-14-10-17(11-15-25)18-8-6-7-9-19(18)23(2,3)28;1-2-3-11-24-12-8-18(19(22)20(24)25)23-13-9-21(10-14-23)17-7-5-4-6-16(17)15-26-21;22-19-18(8-11-24(20(19)26)14-16-6-7-16)23-12-9-21(15-25,10-13-23)17-4-2-1-3-5-17;21-18-17(8-11-23(19(18)24)14-15-6-7-15)22-12-9-20(25,10-13-22)16-4-2-1-3-5-16/h6-7,10,14-16,29H,4-5,8-9,11-13H2,1-3H3;6-9,12,16-17,28H,4-5,10-11,13-15H2,1-3H3;4-8,12H,2-3,9-11,13-15H2,1H3;1-5,8,11,16,25H,6-7,9-10,12-15H2;1-5,8,11,15,25H,6-7,9-10,12-14H2. The maximum absolute atomic E-state index is 14.7. The predicted molar refractivity (Wildman–Crippen MR) is 543 cm³/mol. The van der Waals surface area contributed by atoms with Crippen molar-refractivity contribution in [2.75, 3.05) is 96.6 Å². The minimum Gasteiger partial charge on any atom is -0.395 e. The van der Waals surface area contributed by atoms with E-state index in [0.717, 1.165) is 201 Å². The van der Waals surface area contributed by atoms with Gasteiger partial charge in [-0.1, -0.05) is 219 Å². The van der Waals surface area contributed by atoms with Gasteiger partial charge in [0.25, 0.3) is 27.8 Å². The molecule has 7 fully saturated rings. The molecule has 6 aliphatic heterocycles. The second-order valence-electron chi connectivity index (χ2n) is 39.0. The molecule has 10 aromatic rings. The van der Waals surface area contributed by atoms with Gasteiger partial charge in [-0.2, -0.15) is 0 Å². The van der Waals surface area contributed by atoms with E-state index in [1.165, 1.54) is 54.0 Å². The Kier molecular flexibility index (Phi) is 34.0. The Morgan fingerprint density at radius 1 is 0.403 bits per heavy atom. The van der Waals surface area contributed by atoms with Crippen molar-refractivity contribution in [2.45, 2.75) is 256 Å². The molecule has 0 atom stereocenters. The van der Waals surface area contributed by atoms with Gasteiger partial charge in [0, 0.05) is 135 Å². The van der Waals surface area contributed by atoms with Gasteiger partial charge in [0.1, 0.15) is 30.9 Å². The smallest absolute Gasteiger partial charge is 0.271 e. The first-order chi connectivity index (χ1) is 64.4. The van der Waals surface area contributed by atoms with Crippen LogP contribution in [0.5, 0.6) is 0 Å². The summed E-state index contributed by atoms with van der Waals surface area (Å²) in [5.41, 5.74) is 8.77. The number of aliphatic hydroxyl groups is 4. The van der Waals surface area contributed by atoms with Gasteiger partial charge in [0.05, 0.1) is 64.1 Å². The highest BCUT2D eigenvalue weighted by Gasteiger charge is 2.44. The zero-order valence-corrected chi connectivity index (χ0v) is 82.6. The lowest BCUT2D eigenvalue weighted by Gasteiger charge is -2.42. The lowest BCUT2D eigenvalue weighted by molar-refractivity contribution is -0.0551. The largest absolute Gasteiger partial charge is 0.395 e. The van der Waals surface area contributed by atoms with Gasteiger partial charge in [0.15, 0.2) is 0 Å². The third kappa shape index (κ3) is 24.0. The number of rotatable bonds is 25. The average Bonchev–Trinajstić information content (AvgIpc) is 1.59. The molecule has 18 rings (SSSR count). The number of hydrogen-bond acceptors (Lipinski definition) is 15. The number of benzene rings is 5. The van der Waals surface area contributed by atoms with Crippen molar-refractivity contribution in [3.05, 3.63) is 316 Å². The second kappa shape index (κ2) is 45.1. The third-order valence-electron chi connectivity index (χ3n) is 28.8. The van der Waals surface area contributed by atoms with Crippen LogP contribution in [0.25, 0.3) is 0 Å². The minimum absolute atomic E-state index is 0.0830. The van der Waals surface area contributed by atoms with Crippen LogP contribution in [0.1, 0.15) is 233 Å². The molecule has 718 valence electrons. The van der Waals surface area contributed by atoms with Gasteiger partial charge >= 0.3 is 0 Å². The van der Waals surface area contributed by atoms with Gasteiger partial charge in [-0.3, -0.25) is 24.0 Å². The van der Waals surface area contributed by atoms with Crippen molar-refractivity contribution >= 4 is 86.4 Å². The first-order valence-corrected chi connectivity index (χ1v) is 50.5. The number of hydrogen-bond donors (Lipinski definition) is 4. The Bertz CT molecular complexity index is 5930. The summed E-state index contributed by atoms with van der Waals surface area (Å²) in [5.74, 6) is 1.53. The Labute approximate surface area is 813 Å². The number of anilines is 5. The van der Waals surface area contributed by atoms with Crippen molar-refractivity contribution in [2.24, 2.45) is 11.8 Å². The summed E-state index contributed by atoms with van der Waals surface area (Å²) in [4.78, 5) is 73.5. The molecular formula is C108H134Cl5FN10O10. The van der Waals surface area contributed by atoms with Gasteiger partial charge in [0.2, 0.25) is 0 Å². The second-order valence-corrected chi connectivity index (χ2v) is 40.9. The van der Waals surface area contributed by atoms with E-state index in [0.29, 0.717) is 94.6 Å². The molecule has 0 radical (unpaired) electrons. The molecule has 0 unspecified atom stereocenters. The Morgan fingerprint density at radius 3 is 1.16 bits per heavy atom. The zero-order chi connectivity index (χ0) is 95.2. The summed E-state index contributed by atoms with van der Waals surface area (Å²) in [6.07, 6.45) is 28.4. The number of halogens is 6. The van der Waals surface area contributed by atoms with Gasteiger partial charge < -0.3 is 72.5 Å². The number of fused-ring (bicyclic) bond motifs is 2. The Morgan fingerprint density at radius 2 is 0.761 bits per heavy atom. The number of pyridine rings is 5. The number of aryl methyl sites for hydroxylation is 3. The summed E-state index contributed by atoms with van der Waals surface area (Å²) in [6.45, 7) is 25.5. The molecule has 1 spiro atoms. The molecule has 5 saturated heterocycles. The van der Waals surface area contributed by atoms with Crippen LogP contribution < -0.4 is 52.3 Å². The minimum atomic E-state index is -1.06. The highest BCUT2D eigenvalue weighted by molar-refractivity contribution is 6.34. The van der Waals surface area contributed by atoms with Crippen LogP contribution in [0.2, 0.25) is 25.1 Å². The summed E-state index contributed by atoms with van der Waals surface area (Å²) < 4.78 is 29.5. The molecule has 2 saturated carbocycles. The van der Waals surface area contributed by atoms with E-state index >= 15 is 0 Å². The highest BCUT2D eigenvalue weighted by Crippen LogP contribution is 2.47. The van der Waals surface area contributed by atoms with E-state index < -0.39 is 16.8 Å². The van der Waals surface area contributed by atoms with Crippen LogP contribution in [0.3, 0.4) is 0 Å². The molecule has 134 heavy (non-hydrogen) atoms. The van der Waals surface area contributed by atoms with Crippen LogP contribution in [-0.2, 0) is 71.9 Å². The zero-order valence-electron chi connectivity index (χ0n) is 78.8. The third-order valence-corrected chi connectivity index (χ3v) is 30.6. The normalized spacial score (nSPS) is 17.8. The van der Waals surface area contributed by atoms with Crippen molar-refractivity contribution in [3.8, 4) is 0 Å². The summed E-state index contributed by atoms with van der Waals surface area (Å²) in [5, 5.41) is 43.2. The van der Waals surface area contributed by atoms with Crippen LogP contribution in [0, 0.1) is 17.7 Å². The number of unbranched alkanes of at least 4 members (excludes halogenated alkanes) is 3. The van der Waals surface area contributed by atoms with E-state index in [9.17, 15) is 48.8 Å². The maximum atomic E-state index is 14.7. The van der Waals surface area contributed by atoms with Crippen LogP contribution in [0.15, 0.2) is 213 Å². The van der Waals surface area contributed by atoms with Crippen LogP contribution in [0.4, 0.5) is 32.8 Å². The number of aromatic nitrogens is 5. The SMILES string of the molecule is CCCCn1ccc(N2CCC(c3ccc(C(C)(C)O)cc3F)CC2)c(Cl)c1=O.CCCCn1ccc(N2CCC(c3ccccc3C(C)(C)O)CC2)c(Cl)c1=O.CCCCn1ccc(N2CCC3(CC2)OCc2ccccc23)c(Cl)c1=O.O=c1c(Cl)c(N2CCC(CO)(c3ccccc3)CC2)ccn1CC1CC1.O=c1c(Cl)c(N2CCC(O)(c3ccccc3)CC2)ccn1CC1CC1. The topological polar surface area (TPSA) is 216 Å². The van der Waals surface area contributed by atoms with E-state index in [1.54, 1.807) is 48.8 Å². The number of aliphatic hydroxyl groups excluding tert-OH is 1. The first kappa shape index (κ1) is 101. The fourth-order valence-corrected chi connectivity index (χ4v) is 21.4. The maximum Gasteiger partial charge on any atom is 0.271 e. The van der Waals surface area contributed by atoms with Crippen LogP contribution >= 0.6 is 58.0 Å². The van der Waals surface area contributed by atoms with Crippen molar-refractivity contribution in [1.82, 2.24) is 22.8 Å². The van der Waals surface area contributed by atoms with Crippen molar-refractivity contribution in [1.29, 1.82) is 0 Å². The molecular weight excluding hydrogens is 1790 g/mol. The van der Waals surface area contributed by atoms with Crippen molar-refractivity contribution < 1.29 is 29.6 Å². The summed E-state index contributed by atoms with van der Waals surface area (Å²) in [6, 6.07) is 51.6. The molecule has 0 amide bonds. The lowest BCUT2D eigenvalue weighted by Crippen LogP contribution is -2.45. The molecule has 0 bridgehead atoms. The molecule has 5 aromatic carbocycles. The average molecular weight is 1930 g/mol. The Balaban J connectivity index is 0.000000134. The van der Waals surface area contributed by atoms with E-state index in [-0.39, 0.29) is 62.2 Å². The number of ether oxygens (including phenoxy) is 1. The quantitative estimate of drug-likeness (QED) is 0.0418. The predicted octanol–water partition coefficient (Wildman–Crippen LogP) is 21.1. The van der Waals surface area contributed by atoms with E-state index in [2.05, 4.69) is 87.7 Å². The monoisotopic (exact) mass is 1920 g/mol. The molecule has 5 aromatic heterocycles. The number of piperidine rings is 5. The summed E-state index contributed by atoms with van der Waals surface area (Å²) in [7, 11) is 0. The van der Waals surface area contributed by atoms with Crippen LogP contribution in [-0.4, -0.2) is 115 Å². The van der Waals surface area contributed by atoms with Gasteiger partial charge in [-0.15, -0.1) is 0 Å². The fourth-order valence-electron chi connectivity index (χ4n) is 19.9. The summed E-state index contributed by atoms with van der Waals surface area (Å²) >= 11 is 32.1. The van der Waals surface area contributed by atoms with Gasteiger partial charge in [-0.25, -0.2) is 4.39 Å². The fraction of sp³-hybridized carbons (Fsp3) is 0.491. The molecule has 2 aliphatic carbocycles. The highest BCUT2D eigenvalue weighted by atomic mass is 35.5. The van der Waals surface area contributed by atoms with E-state index in [1.807, 2.05) is 142 Å². The number of nitrogens with zero attached hydrogens (tertiary/aromatic N) is 10. The van der Waals surface area contributed by atoms with E-state index in [4.69, 9.17) is 62.7 Å². The molecule has 11 heterocycles. The molecule has 4 N–H and O–H groups in total.